The van der Waals surface area contributed by atoms with Crippen LogP contribution in [0.2, 0.25) is 10.0 Å². The molecule has 0 heterocycles. The molecule has 1 N–H and O–H groups in total. The molecule has 0 amide bonds. The first-order valence-corrected chi connectivity index (χ1v) is 7.05. The average Bonchev–Trinajstić information content (AvgIpc) is 2.25. The Bertz CT molecular complexity index is 353. The van der Waals surface area contributed by atoms with Crippen molar-refractivity contribution in [1.82, 2.24) is 5.32 Å². The minimum absolute atomic E-state index is 0.323. The van der Waals surface area contributed by atoms with Crippen LogP contribution in [0.15, 0.2) is 18.2 Å². The molecule has 0 aromatic heterocycles. The first-order valence-electron chi connectivity index (χ1n) is 5.76. The molecule has 0 spiro atoms. The van der Waals surface area contributed by atoms with E-state index in [2.05, 4.69) is 19.2 Å². The predicted molar refractivity (Wildman–Crippen MR) is 77.3 cm³/mol. The quantitative estimate of drug-likeness (QED) is 0.748. The number of hydrogen-bond acceptors (Lipinski definition) is 1. The molecule has 1 aromatic rings. The Morgan fingerprint density at radius 1 is 1.24 bits per heavy atom. The van der Waals surface area contributed by atoms with E-state index in [1.807, 2.05) is 12.1 Å². The number of alkyl halides is 1. The van der Waals surface area contributed by atoms with Crippen LogP contribution in [-0.4, -0.2) is 11.9 Å². The molecule has 0 saturated heterocycles. The fourth-order valence-corrected chi connectivity index (χ4v) is 2.40. The fraction of sp³-hybridized carbons (Fsp3) is 0.538. The van der Waals surface area contributed by atoms with Gasteiger partial charge >= 0.3 is 0 Å². The molecule has 1 atom stereocenters. The Labute approximate surface area is 118 Å². The Morgan fingerprint density at radius 2 is 1.94 bits per heavy atom. The standard InChI is InChI=1S/C13H18Cl3N/c1-9(2)5-12(7-14)17-8-10-3-4-11(15)6-13(10)16/h3-4,6,9,12,17H,5,7-8H2,1-2H3. The third-order valence-electron chi connectivity index (χ3n) is 2.54. The Hall–Kier alpha value is 0.0500. The van der Waals surface area contributed by atoms with Gasteiger partial charge in [0.15, 0.2) is 0 Å². The van der Waals surface area contributed by atoms with Gasteiger partial charge in [-0.1, -0.05) is 43.1 Å². The summed E-state index contributed by atoms with van der Waals surface area (Å²) in [5.41, 5.74) is 1.05. The molecule has 0 aliphatic heterocycles. The third kappa shape index (κ3) is 5.48. The number of benzene rings is 1. The fourth-order valence-electron chi connectivity index (χ4n) is 1.69. The highest BCUT2D eigenvalue weighted by Gasteiger charge is 2.10. The minimum atomic E-state index is 0.323. The summed E-state index contributed by atoms with van der Waals surface area (Å²) >= 11 is 17.9. The second-order valence-electron chi connectivity index (χ2n) is 4.60. The van der Waals surface area contributed by atoms with Gasteiger partial charge in [0.1, 0.15) is 0 Å². The molecule has 17 heavy (non-hydrogen) atoms. The van der Waals surface area contributed by atoms with Crippen molar-refractivity contribution in [2.75, 3.05) is 5.88 Å². The maximum atomic E-state index is 6.10. The lowest BCUT2D eigenvalue weighted by molar-refractivity contribution is 0.445. The molecule has 0 bridgehead atoms. The van der Waals surface area contributed by atoms with E-state index in [0.29, 0.717) is 27.9 Å². The summed E-state index contributed by atoms with van der Waals surface area (Å²) in [6.45, 7) is 5.10. The van der Waals surface area contributed by atoms with Crippen LogP contribution in [0.3, 0.4) is 0 Å². The Morgan fingerprint density at radius 3 is 2.47 bits per heavy atom. The van der Waals surface area contributed by atoms with Gasteiger partial charge in [-0.2, -0.15) is 0 Å². The van der Waals surface area contributed by atoms with E-state index in [-0.39, 0.29) is 0 Å². The monoisotopic (exact) mass is 293 g/mol. The number of rotatable bonds is 6. The summed E-state index contributed by atoms with van der Waals surface area (Å²) in [6, 6.07) is 5.88. The van der Waals surface area contributed by atoms with E-state index in [4.69, 9.17) is 34.8 Å². The first kappa shape index (κ1) is 15.1. The van der Waals surface area contributed by atoms with Crippen molar-refractivity contribution in [3.05, 3.63) is 33.8 Å². The zero-order valence-corrected chi connectivity index (χ0v) is 12.4. The molecule has 4 heteroatoms. The Kier molecular flexibility index (Phi) is 6.65. The lowest BCUT2D eigenvalue weighted by Crippen LogP contribution is -2.31. The SMILES string of the molecule is CC(C)CC(CCl)NCc1ccc(Cl)cc1Cl. The van der Waals surface area contributed by atoms with E-state index in [1.54, 1.807) is 6.07 Å². The lowest BCUT2D eigenvalue weighted by Gasteiger charge is -2.18. The number of nitrogens with one attached hydrogen (secondary N) is 1. The van der Waals surface area contributed by atoms with Crippen LogP contribution in [0.25, 0.3) is 0 Å². The number of halogens is 3. The van der Waals surface area contributed by atoms with Crippen molar-refractivity contribution in [2.45, 2.75) is 32.9 Å². The van der Waals surface area contributed by atoms with Crippen LogP contribution in [0.4, 0.5) is 0 Å². The van der Waals surface area contributed by atoms with Gasteiger partial charge < -0.3 is 5.32 Å². The van der Waals surface area contributed by atoms with E-state index >= 15 is 0 Å². The maximum Gasteiger partial charge on any atom is 0.0465 e. The molecule has 1 aromatic carbocycles. The zero-order chi connectivity index (χ0) is 12.8. The first-order chi connectivity index (χ1) is 8.02. The molecule has 1 rings (SSSR count). The van der Waals surface area contributed by atoms with Crippen molar-refractivity contribution in [1.29, 1.82) is 0 Å². The summed E-state index contributed by atoms with van der Waals surface area (Å²) in [6.07, 6.45) is 1.06. The van der Waals surface area contributed by atoms with E-state index < -0.39 is 0 Å². The molecule has 0 aliphatic rings. The molecule has 0 fully saturated rings. The molecule has 0 radical (unpaired) electrons. The number of hydrogen-bond donors (Lipinski definition) is 1. The largest absolute Gasteiger partial charge is 0.309 e. The highest BCUT2D eigenvalue weighted by molar-refractivity contribution is 6.35. The second-order valence-corrected chi connectivity index (χ2v) is 5.75. The van der Waals surface area contributed by atoms with Gasteiger partial charge in [0, 0.05) is 28.5 Å². The molecular weight excluding hydrogens is 277 g/mol. The van der Waals surface area contributed by atoms with Gasteiger partial charge in [-0.25, -0.2) is 0 Å². The predicted octanol–water partition coefficient (Wildman–Crippen LogP) is 4.74. The molecule has 96 valence electrons. The lowest BCUT2D eigenvalue weighted by atomic mass is 10.0. The highest BCUT2D eigenvalue weighted by Crippen LogP contribution is 2.21. The van der Waals surface area contributed by atoms with Gasteiger partial charge in [0.05, 0.1) is 0 Å². The van der Waals surface area contributed by atoms with Gasteiger partial charge in [0.25, 0.3) is 0 Å². The molecular formula is C13H18Cl3N. The molecule has 0 saturated carbocycles. The van der Waals surface area contributed by atoms with Crippen LogP contribution in [-0.2, 0) is 6.54 Å². The van der Waals surface area contributed by atoms with E-state index in [9.17, 15) is 0 Å². The van der Waals surface area contributed by atoms with Crippen LogP contribution >= 0.6 is 34.8 Å². The highest BCUT2D eigenvalue weighted by atomic mass is 35.5. The summed E-state index contributed by atoms with van der Waals surface area (Å²) in [5, 5.41) is 4.78. The minimum Gasteiger partial charge on any atom is -0.309 e. The van der Waals surface area contributed by atoms with Crippen LogP contribution in [0, 0.1) is 5.92 Å². The van der Waals surface area contributed by atoms with Crippen molar-refractivity contribution in [3.63, 3.8) is 0 Å². The van der Waals surface area contributed by atoms with Gasteiger partial charge in [-0.3, -0.25) is 0 Å². The summed E-state index contributed by atoms with van der Waals surface area (Å²) in [7, 11) is 0. The van der Waals surface area contributed by atoms with Gasteiger partial charge in [-0.05, 0) is 30.0 Å². The summed E-state index contributed by atoms with van der Waals surface area (Å²) in [5.74, 6) is 1.25. The molecule has 1 nitrogen and oxygen atoms in total. The third-order valence-corrected chi connectivity index (χ3v) is 3.50. The van der Waals surface area contributed by atoms with Crippen molar-refractivity contribution >= 4 is 34.8 Å². The summed E-state index contributed by atoms with van der Waals surface area (Å²) in [4.78, 5) is 0. The summed E-state index contributed by atoms with van der Waals surface area (Å²) < 4.78 is 0. The topological polar surface area (TPSA) is 12.0 Å². The van der Waals surface area contributed by atoms with Crippen LogP contribution in [0.1, 0.15) is 25.8 Å². The second kappa shape index (κ2) is 7.48. The molecule has 0 aliphatic carbocycles. The van der Waals surface area contributed by atoms with Crippen LogP contribution in [0.5, 0.6) is 0 Å². The normalized spacial score (nSPS) is 13.1. The van der Waals surface area contributed by atoms with Gasteiger partial charge in [-0.15, -0.1) is 11.6 Å². The van der Waals surface area contributed by atoms with Crippen LogP contribution < -0.4 is 5.32 Å². The van der Waals surface area contributed by atoms with E-state index in [0.717, 1.165) is 18.5 Å². The van der Waals surface area contributed by atoms with Crippen molar-refractivity contribution in [2.24, 2.45) is 5.92 Å². The Balaban J connectivity index is 2.53. The van der Waals surface area contributed by atoms with Crippen molar-refractivity contribution in [3.8, 4) is 0 Å². The average molecular weight is 295 g/mol. The smallest absolute Gasteiger partial charge is 0.0465 e. The maximum absolute atomic E-state index is 6.10. The van der Waals surface area contributed by atoms with E-state index in [1.165, 1.54) is 0 Å². The molecule has 1 unspecified atom stereocenters. The zero-order valence-electron chi connectivity index (χ0n) is 10.1. The van der Waals surface area contributed by atoms with Gasteiger partial charge in [0.2, 0.25) is 0 Å². The van der Waals surface area contributed by atoms with Crippen molar-refractivity contribution < 1.29 is 0 Å².